The van der Waals surface area contributed by atoms with Gasteiger partial charge >= 0.3 is 10.2 Å². The van der Waals surface area contributed by atoms with Crippen molar-refractivity contribution in [3.63, 3.8) is 0 Å². The molecule has 0 spiro atoms. The number of hydrogen-bond acceptors (Lipinski definition) is 3. The number of aromatic nitrogens is 1. The van der Waals surface area contributed by atoms with Gasteiger partial charge in [0.1, 0.15) is 0 Å². The Morgan fingerprint density at radius 3 is 2.65 bits per heavy atom. The second-order valence-electron chi connectivity index (χ2n) is 6.10. The van der Waals surface area contributed by atoms with E-state index < -0.39 is 10.2 Å². The molecule has 0 N–H and O–H groups in total. The first kappa shape index (κ1) is 13.8. The van der Waals surface area contributed by atoms with Gasteiger partial charge in [0, 0.05) is 32.0 Å². The summed E-state index contributed by atoms with van der Waals surface area (Å²) in [5, 5.41) is 0. The van der Waals surface area contributed by atoms with Crippen LogP contribution in [0, 0.1) is 11.8 Å². The monoisotopic (exact) mass is 295 g/mol. The molecule has 0 radical (unpaired) electrons. The van der Waals surface area contributed by atoms with Crippen LogP contribution in [0.15, 0.2) is 18.5 Å². The predicted molar refractivity (Wildman–Crippen MR) is 78.7 cm³/mol. The Bertz CT molecular complexity index is 592. The fourth-order valence-electron chi connectivity index (χ4n) is 3.37. The molecule has 1 fully saturated rings. The second-order valence-corrected chi connectivity index (χ2v) is 7.95. The van der Waals surface area contributed by atoms with E-state index in [0.717, 1.165) is 24.1 Å². The SMILES string of the molecule is CC1CC(C)CN(S(=O)(=O)N2CCc3cnccc32)C1. The van der Waals surface area contributed by atoms with E-state index in [-0.39, 0.29) is 0 Å². The maximum absolute atomic E-state index is 12.9. The van der Waals surface area contributed by atoms with Crippen LogP contribution in [0.25, 0.3) is 0 Å². The summed E-state index contributed by atoms with van der Waals surface area (Å²) < 4.78 is 29.0. The summed E-state index contributed by atoms with van der Waals surface area (Å²) in [5.41, 5.74) is 1.82. The highest BCUT2D eigenvalue weighted by Crippen LogP contribution is 2.32. The molecule has 2 unspecified atom stereocenters. The zero-order chi connectivity index (χ0) is 14.3. The van der Waals surface area contributed by atoms with Crippen LogP contribution in [0.1, 0.15) is 25.8 Å². The zero-order valence-electron chi connectivity index (χ0n) is 12.0. The molecule has 1 aromatic rings. The Balaban J connectivity index is 1.90. The average molecular weight is 295 g/mol. The summed E-state index contributed by atoms with van der Waals surface area (Å²) in [5.74, 6) is 0.848. The van der Waals surface area contributed by atoms with Crippen molar-refractivity contribution in [3.05, 3.63) is 24.0 Å². The minimum atomic E-state index is -3.40. The number of hydrogen-bond donors (Lipinski definition) is 0. The molecule has 3 heterocycles. The largest absolute Gasteiger partial charge is 0.304 e. The topological polar surface area (TPSA) is 53.5 Å². The van der Waals surface area contributed by atoms with Gasteiger partial charge in [0.25, 0.3) is 0 Å². The minimum Gasteiger partial charge on any atom is -0.264 e. The summed E-state index contributed by atoms with van der Waals surface area (Å²) in [6, 6.07) is 1.80. The molecular formula is C14H21N3O2S. The van der Waals surface area contributed by atoms with Crippen LogP contribution in [-0.2, 0) is 16.6 Å². The third kappa shape index (κ3) is 2.31. The summed E-state index contributed by atoms with van der Waals surface area (Å²) in [6.07, 6.45) is 5.29. The van der Waals surface area contributed by atoms with Gasteiger partial charge in [-0.1, -0.05) is 13.8 Å². The first-order valence-electron chi connectivity index (χ1n) is 7.19. The van der Waals surface area contributed by atoms with Gasteiger partial charge in [-0.3, -0.25) is 9.29 Å². The lowest BCUT2D eigenvalue weighted by molar-refractivity contribution is 0.222. The van der Waals surface area contributed by atoms with Crippen molar-refractivity contribution in [1.29, 1.82) is 0 Å². The third-order valence-corrected chi connectivity index (χ3v) is 6.06. The van der Waals surface area contributed by atoms with Crippen molar-refractivity contribution in [1.82, 2.24) is 9.29 Å². The first-order valence-corrected chi connectivity index (χ1v) is 8.59. The number of rotatable bonds is 2. The van der Waals surface area contributed by atoms with Gasteiger partial charge in [0.2, 0.25) is 0 Å². The molecule has 2 aliphatic rings. The van der Waals surface area contributed by atoms with Crippen LogP contribution < -0.4 is 4.31 Å². The molecule has 1 aromatic heterocycles. The van der Waals surface area contributed by atoms with Crippen molar-refractivity contribution < 1.29 is 8.42 Å². The minimum absolute atomic E-state index is 0.424. The Labute approximate surface area is 120 Å². The smallest absolute Gasteiger partial charge is 0.264 e. The highest BCUT2D eigenvalue weighted by molar-refractivity contribution is 7.90. The van der Waals surface area contributed by atoms with Crippen LogP contribution in [0.2, 0.25) is 0 Å². The Morgan fingerprint density at radius 1 is 1.25 bits per heavy atom. The fraction of sp³-hybridized carbons (Fsp3) is 0.643. The van der Waals surface area contributed by atoms with Gasteiger partial charge in [-0.05, 0) is 36.3 Å². The van der Waals surface area contributed by atoms with Gasteiger partial charge < -0.3 is 0 Å². The molecule has 6 heteroatoms. The Hall–Kier alpha value is -1.14. The van der Waals surface area contributed by atoms with E-state index in [1.807, 2.05) is 0 Å². The maximum atomic E-state index is 12.9. The lowest BCUT2D eigenvalue weighted by Crippen LogP contribution is -2.49. The summed E-state index contributed by atoms with van der Waals surface area (Å²) >= 11 is 0. The van der Waals surface area contributed by atoms with Crippen molar-refractivity contribution in [2.45, 2.75) is 26.7 Å². The molecule has 2 aliphatic heterocycles. The van der Waals surface area contributed by atoms with E-state index in [2.05, 4.69) is 18.8 Å². The lowest BCUT2D eigenvalue weighted by Gasteiger charge is -2.36. The highest BCUT2D eigenvalue weighted by atomic mass is 32.2. The van der Waals surface area contributed by atoms with Gasteiger partial charge in [-0.15, -0.1) is 0 Å². The zero-order valence-corrected chi connectivity index (χ0v) is 12.8. The molecule has 0 aliphatic carbocycles. The average Bonchev–Trinajstić information content (AvgIpc) is 2.82. The predicted octanol–water partition coefficient (Wildman–Crippen LogP) is 1.67. The number of piperidine rings is 1. The fourth-order valence-corrected chi connectivity index (χ4v) is 5.28. The van der Waals surface area contributed by atoms with E-state index in [1.165, 1.54) is 0 Å². The Kier molecular flexibility index (Phi) is 3.46. The Morgan fingerprint density at radius 2 is 1.95 bits per heavy atom. The summed E-state index contributed by atoms with van der Waals surface area (Å²) in [4.78, 5) is 4.07. The van der Waals surface area contributed by atoms with E-state index in [9.17, 15) is 8.42 Å². The van der Waals surface area contributed by atoms with Crippen LogP contribution in [-0.4, -0.2) is 37.3 Å². The van der Waals surface area contributed by atoms with E-state index in [0.29, 0.717) is 31.5 Å². The highest BCUT2D eigenvalue weighted by Gasteiger charge is 2.37. The molecule has 1 saturated heterocycles. The number of fused-ring (bicyclic) bond motifs is 1. The van der Waals surface area contributed by atoms with Crippen molar-refractivity contribution in [2.75, 3.05) is 23.9 Å². The van der Waals surface area contributed by atoms with Gasteiger partial charge in [-0.25, -0.2) is 0 Å². The van der Waals surface area contributed by atoms with Gasteiger partial charge in [0.05, 0.1) is 5.69 Å². The van der Waals surface area contributed by atoms with Crippen molar-refractivity contribution in [3.8, 4) is 0 Å². The molecule has 5 nitrogen and oxygen atoms in total. The maximum Gasteiger partial charge on any atom is 0.304 e. The van der Waals surface area contributed by atoms with Crippen molar-refractivity contribution >= 4 is 15.9 Å². The molecule has 20 heavy (non-hydrogen) atoms. The van der Waals surface area contributed by atoms with Gasteiger partial charge in [-0.2, -0.15) is 12.7 Å². The lowest BCUT2D eigenvalue weighted by atomic mass is 9.94. The molecule has 2 atom stereocenters. The molecule has 0 amide bonds. The third-order valence-electron chi connectivity index (χ3n) is 4.17. The van der Waals surface area contributed by atoms with Crippen LogP contribution >= 0.6 is 0 Å². The second kappa shape index (κ2) is 5.00. The molecular weight excluding hydrogens is 274 g/mol. The number of pyridine rings is 1. The van der Waals surface area contributed by atoms with E-state index in [1.54, 1.807) is 27.1 Å². The first-order chi connectivity index (χ1) is 9.48. The summed E-state index contributed by atoms with van der Waals surface area (Å²) in [6.45, 7) is 6.04. The number of nitrogens with zero attached hydrogens (tertiary/aromatic N) is 3. The van der Waals surface area contributed by atoms with Gasteiger partial charge in [0.15, 0.2) is 0 Å². The normalized spacial score (nSPS) is 27.6. The quantitative estimate of drug-likeness (QED) is 0.834. The van der Waals surface area contributed by atoms with Crippen LogP contribution in [0.4, 0.5) is 5.69 Å². The number of anilines is 1. The standard InChI is InChI=1S/C14H21N3O2S/c1-11-7-12(2)10-16(9-11)20(18,19)17-6-4-13-8-15-5-3-14(13)17/h3,5,8,11-12H,4,6-7,9-10H2,1-2H3. The molecule has 0 saturated carbocycles. The molecule has 110 valence electrons. The molecule has 3 rings (SSSR count). The summed E-state index contributed by atoms with van der Waals surface area (Å²) in [7, 11) is -3.40. The van der Waals surface area contributed by atoms with E-state index >= 15 is 0 Å². The van der Waals surface area contributed by atoms with Crippen LogP contribution in [0.3, 0.4) is 0 Å². The molecule has 0 aromatic carbocycles. The molecule has 0 bridgehead atoms. The van der Waals surface area contributed by atoms with Crippen molar-refractivity contribution in [2.24, 2.45) is 11.8 Å². The van der Waals surface area contributed by atoms with Crippen LogP contribution in [0.5, 0.6) is 0 Å². The van der Waals surface area contributed by atoms with E-state index in [4.69, 9.17) is 0 Å².